The van der Waals surface area contributed by atoms with E-state index in [9.17, 15) is 0 Å². The maximum absolute atomic E-state index is 2.31. The molecular formula is C26H32F2SiZr-2. The van der Waals surface area contributed by atoms with E-state index >= 15 is 0 Å². The fourth-order valence-electron chi connectivity index (χ4n) is 3.31. The smallest absolute Gasteiger partial charge is 1.00 e. The van der Waals surface area contributed by atoms with Gasteiger partial charge in [-0.15, -0.1) is 69.1 Å². The van der Waals surface area contributed by atoms with Gasteiger partial charge in [0.15, 0.2) is 0 Å². The first-order valence-corrected chi connectivity index (χ1v) is 16.4. The molecule has 4 rings (SSSR count). The summed E-state index contributed by atoms with van der Waals surface area (Å²) in [6, 6.07) is 22.1. The van der Waals surface area contributed by atoms with E-state index in [2.05, 4.69) is 101 Å². The third kappa shape index (κ3) is 8.04. The van der Waals surface area contributed by atoms with Crippen LogP contribution in [-0.4, -0.2) is 5.43 Å². The third-order valence-corrected chi connectivity index (χ3v) is 4.87. The van der Waals surface area contributed by atoms with Crippen molar-refractivity contribution in [3.05, 3.63) is 82.9 Å². The SMILES string of the molecule is CCc1cc2c(C)cccc2[cH-]1.CCc1cc2c(C)cccc2[cH-]1.C[Si](C)=[Zr+2].[F-].[F-]. The van der Waals surface area contributed by atoms with E-state index in [1.54, 1.807) is 23.3 Å². The monoisotopic (exact) mass is 500 g/mol. The maximum Gasteiger partial charge on any atom is -1.00 e. The van der Waals surface area contributed by atoms with Gasteiger partial charge < -0.3 is 9.41 Å². The Balaban J connectivity index is 0.000000452. The van der Waals surface area contributed by atoms with E-state index in [1.807, 2.05) is 0 Å². The molecule has 0 unspecified atom stereocenters. The van der Waals surface area contributed by atoms with Gasteiger partial charge in [-0.3, -0.25) is 0 Å². The first kappa shape index (κ1) is 28.6. The second-order valence-corrected chi connectivity index (χ2v) is 17.0. The minimum absolute atomic E-state index is 0. The summed E-state index contributed by atoms with van der Waals surface area (Å²) in [6.07, 6.45) is 2.27. The standard InChI is InChI=1S/2C12H13.C2H6Si.2FH.Zr/c2*1-3-10-7-11-6-4-5-9(2)12(11)8-10;1-3-2;;;/h2*4-8H,3H2,1-2H3;1-2H3;2*1H;/q2*-1;;;;+2/p-2. The van der Waals surface area contributed by atoms with Crippen LogP contribution >= 0.6 is 0 Å². The van der Waals surface area contributed by atoms with Crippen LogP contribution < -0.4 is 9.41 Å². The second kappa shape index (κ2) is 13.8. The molecule has 0 atom stereocenters. The van der Waals surface area contributed by atoms with Gasteiger partial charge in [0.2, 0.25) is 0 Å². The Labute approximate surface area is 195 Å². The van der Waals surface area contributed by atoms with Gasteiger partial charge in [0, 0.05) is 0 Å². The van der Waals surface area contributed by atoms with Gasteiger partial charge in [-0.25, -0.2) is 0 Å². The zero-order valence-electron chi connectivity index (χ0n) is 18.9. The Morgan fingerprint density at radius 2 is 1.07 bits per heavy atom. The van der Waals surface area contributed by atoms with Gasteiger partial charge in [0.05, 0.1) is 0 Å². The van der Waals surface area contributed by atoms with E-state index in [4.69, 9.17) is 0 Å². The van der Waals surface area contributed by atoms with Crippen molar-refractivity contribution < 1.29 is 32.7 Å². The van der Waals surface area contributed by atoms with Crippen molar-refractivity contribution in [2.24, 2.45) is 0 Å². The summed E-state index contributed by atoms with van der Waals surface area (Å²) in [7, 11) is 0. The van der Waals surface area contributed by atoms with Crippen LogP contribution in [0.25, 0.3) is 21.5 Å². The number of hydrogen-bond acceptors (Lipinski definition) is 0. The summed E-state index contributed by atoms with van der Waals surface area (Å²) in [5, 5.41) is 5.59. The zero-order chi connectivity index (χ0) is 20.7. The second-order valence-electron chi connectivity index (χ2n) is 7.59. The normalized spacial score (nSPS) is 9.60. The number of hydrogen-bond donors (Lipinski definition) is 0. The molecule has 0 spiro atoms. The van der Waals surface area contributed by atoms with Crippen LogP contribution in [-0.2, 0) is 36.2 Å². The fourth-order valence-corrected chi connectivity index (χ4v) is 3.31. The zero-order valence-corrected chi connectivity index (χ0v) is 22.4. The summed E-state index contributed by atoms with van der Waals surface area (Å²) in [6.45, 7) is 13.3. The minimum atomic E-state index is 0. The first-order valence-electron chi connectivity index (χ1n) is 10.2. The predicted octanol–water partition coefficient (Wildman–Crippen LogP) is 1.65. The molecule has 4 heteroatoms. The summed E-state index contributed by atoms with van der Waals surface area (Å²) >= 11 is 1.74. The number of rotatable bonds is 2. The van der Waals surface area contributed by atoms with E-state index in [-0.39, 0.29) is 14.8 Å². The average Bonchev–Trinajstić information content (AvgIpc) is 3.27. The van der Waals surface area contributed by atoms with Crippen LogP contribution in [0.4, 0.5) is 0 Å². The molecule has 4 aromatic carbocycles. The maximum atomic E-state index is 2.31. The first-order chi connectivity index (χ1) is 13.3. The topological polar surface area (TPSA) is 0 Å². The molecule has 0 bridgehead atoms. The Kier molecular flexibility index (Phi) is 13.2. The molecule has 0 fully saturated rings. The van der Waals surface area contributed by atoms with Gasteiger partial charge in [-0.05, 0) is 26.7 Å². The molecule has 160 valence electrons. The van der Waals surface area contributed by atoms with Crippen LogP contribution in [0.3, 0.4) is 0 Å². The molecule has 0 aliphatic carbocycles. The van der Waals surface area contributed by atoms with Crippen molar-refractivity contribution in [3.8, 4) is 0 Å². The van der Waals surface area contributed by atoms with Gasteiger partial charge in [0.1, 0.15) is 0 Å². The summed E-state index contributed by atoms with van der Waals surface area (Å²) in [5.41, 5.74) is 5.86. The van der Waals surface area contributed by atoms with Gasteiger partial charge in [-0.1, -0.05) is 37.1 Å². The van der Waals surface area contributed by atoms with Gasteiger partial charge in [0.25, 0.3) is 0 Å². The number of halogens is 2. The van der Waals surface area contributed by atoms with Crippen LogP contribution in [0.15, 0.2) is 60.7 Å². The van der Waals surface area contributed by atoms with E-state index in [0.717, 1.165) is 12.8 Å². The largest absolute Gasteiger partial charge is 1.00 e. The third-order valence-electron chi connectivity index (χ3n) is 4.87. The molecular weight excluding hydrogens is 470 g/mol. The molecule has 0 aliphatic heterocycles. The Hall–Kier alpha value is -1.38. The van der Waals surface area contributed by atoms with Gasteiger partial charge in [-0.2, -0.15) is 12.1 Å². The van der Waals surface area contributed by atoms with Gasteiger partial charge >= 0.3 is 41.9 Å². The summed E-state index contributed by atoms with van der Waals surface area (Å²) < 4.78 is 0. The molecule has 0 N–H and O–H groups in total. The van der Waals surface area contributed by atoms with Crippen molar-refractivity contribution >= 4 is 27.0 Å². The predicted molar refractivity (Wildman–Crippen MR) is 125 cm³/mol. The summed E-state index contributed by atoms with van der Waals surface area (Å²) in [5.74, 6) is 0. The molecule has 0 aromatic heterocycles. The molecule has 0 radical (unpaired) electrons. The van der Waals surface area contributed by atoms with Crippen LogP contribution in [0.1, 0.15) is 36.1 Å². The summed E-state index contributed by atoms with van der Waals surface area (Å²) in [4.78, 5) is 0. The van der Waals surface area contributed by atoms with Crippen molar-refractivity contribution in [2.45, 2.75) is 53.6 Å². The molecule has 0 saturated heterocycles. The number of fused-ring (bicyclic) bond motifs is 2. The molecule has 30 heavy (non-hydrogen) atoms. The molecule has 0 saturated carbocycles. The fraction of sp³-hybridized carbons (Fsp3) is 0.308. The van der Waals surface area contributed by atoms with Crippen molar-refractivity contribution in [1.82, 2.24) is 0 Å². The Morgan fingerprint density at radius 1 is 0.733 bits per heavy atom. The van der Waals surface area contributed by atoms with Crippen LogP contribution in [0.5, 0.6) is 0 Å². The number of aryl methyl sites for hydroxylation is 4. The number of benzene rings is 2. The van der Waals surface area contributed by atoms with Crippen molar-refractivity contribution in [3.63, 3.8) is 0 Å². The van der Waals surface area contributed by atoms with Crippen molar-refractivity contribution in [2.75, 3.05) is 0 Å². The quantitative estimate of drug-likeness (QED) is 0.289. The Morgan fingerprint density at radius 3 is 1.33 bits per heavy atom. The average molecular weight is 502 g/mol. The van der Waals surface area contributed by atoms with E-state index < -0.39 is 0 Å². The van der Waals surface area contributed by atoms with Crippen molar-refractivity contribution in [1.29, 1.82) is 0 Å². The van der Waals surface area contributed by atoms with Crippen LogP contribution in [0.2, 0.25) is 13.1 Å². The van der Waals surface area contributed by atoms with E-state index in [0.29, 0.717) is 0 Å². The molecule has 0 amide bonds. The molecule has 0 nitrogen and oxygen atoms in total. The van der Waals surface area contributed by atoms with Crippen LogP contribution in [0, 0.1) is 13.8 Å². The minimum Gasteiger partial charge on any atom is -1.00 e. The molecule has 0 aliphatic rings. The molecule has 0 heterocycles. The van der Waals surface area contributed by atoms with E-state index in [1.165, 1.54) is 43.8 Å². The molecule has 4 aromatic rings. The Bertz CT molecular complexity index is 975.